The molecule has 2 aromatic rings. The minimum Gasteiger partial charge on any atom is -0.469 e. The summed E-state index contributed by atoms with van der Waals surface area (Å²) in [6, 6.07) is 5.55. The minimum atomic E-state index is -0.0547. The summed E-state index contributed by atoms with van der Waals surface area (Å²) in [6.45, 7) is 2.10. The molecule has 0 atom stereocenters. The van der Waals surface area contributed by atoms with Gasteiger partial charge in [-0.2, -0.15) is 5.10 Å². The second kappa shape index (κ2) is 6.05. The number of nitrogens with zero attached hydrogens (tertiary/aromatic N) is 1. The second-order valence-corrected chi connectivity index (χ2v) is 4.16. The van der Waals surface area contributed by atoms with Gasteiger partial charge >= 0.3 is 0 Å². The maximum absolute atomic E-state index is 11.7. The third-order valence-electron chi connectivity index (χ3n) is 2.60. The van der Waals surface area contributed by atoms with Gasteiger partial charge in [-0.25, -0.2) is 0 Å². The molecule has 2 N–H and O–H groups in total. The summed E-state index contributed by atoms with van der Waals surface area (Å²) in [5.41, 5.74) is 1.04. The molecule has 1 amide bonds. The second-order valence-electron chi connectivity index (χ2n) is 4.16. The van der Waals surface area contributed by atoms with Crippen LogP contribution in [0.25, 0.3) is 0 Å². The van der Waals surface area contributed by atoms with Gasteiger partial charge in [0.25, 0.3) is 0 Å². The Balaban J connectivity index is 1.79. The smallest absolute Gasteiger partial charge is 0.226 e. The molecule has 96 valence electrons. The number of carbonyl (C=O) groups excluding carboxylic acids is 1. The standard InChI is InChI=1S/C13H17N3O2/c1-2-4-10-9-12(16-15-10)14-13(17)7-6-11-5-3-8-18-11/h3,5,8-9H,2,4,6-7H2,1H3,(H2,14,15,16,17). The van der Waals surface area contributed by atoms with E-state index in [1.807, 2.05) is 18.2 Å². The number of hydrogen-bond acceptors (Lipinski definition) is 3. The first-order chi connectivity index (χ1) is 8.78. The zero-order chi connectivity index (χ0) is 12.8. The highest BCUT2D eigenvalue weighted by molar-refractivity contribution is 5.89. The molecular weight excluding hydrogens is 230 g/mol. The number of aromatic nitrogens is 2. The summed E-state index contributed by atoms with van der Waals surface area (Å²) in [4.78, 5) is 11.7. The average Bonchev–Trinajstić information content (AvgIpc) is 2.99. The number of hydrogen-bond donors (Lipinski definition) is 2. The number of amides is 1. The van der Waals surface area contributed by atoms with E-state index >= 15 is 0 Å². The van der Waals surface area contributed by atoms with Crippen molar-refractivity contribution in [3.63, 3.8) is 0 Å². The molecule has 0 aliphatic rings. The lowest BCUT2D eigenvalue weighted by Crippen LogP contribution is -2.12. The number of aryl methyl sites for hydroxylation is 2. The fraction of sp³-hybridized carbons (Fsp3) is 0.385. The van der Waals surface area contributed by atoms with Gasteiger partial charge in [-0.15, -0.1) is 0 Å². The van der Waals surface area contributed by atoms with Crippen LogP contribution in [0.4, 0.5) is 5.82 Å². The van der Waals surface area contributed by atoms with Crippen molar-refractivity contribution in [2.45, 2.75) is 32.6 Å². The molecule has 0 bridgehead atoms. The van der Waals surface area contributed by atoms with Crippen LogP contribution in [-0.2, 0) is 17.6 Å². The molecule has 0 aliphatic heterocycles. The Hall–Kier alpha value is -2.04. The lowest BCUT2D eigenvalue weighted by atomic mass is 10.2. The highest BCUT2D eigenvalue weighted by Crippen LogP contribution is 2.09. The molecule has 0 saturated heterocycles. The number of carbonyl (C=O) groups is 1. The summed E-state index contributed by atoms with van der Waals surface area (Å²) >= 11 is 0. The van der Waals surface area contributed by atoms with Crippen LogP contribution >= 0.6 is 0 Å². The maximum Gasteiger partial charge on any atom is 0.226 e. The van der Waals surface area contributed by atoms with E-state index in [4.69, 9.17) is 4.42 Å². The predicted octanol–water partition coefficient (Wildman–Crippen LogP) is 2.53. The van der Waals surface area contributed by atoms with E-state index < -0.39 is 0 Å². The Kier molecular flexibility index (Phi) is 4.17. The van der Waals surface area contributed by atoms with Gasteiger partial charge in [0.2, 0.25) is 5.91 Å². The van der Waals surface area contributed by atoms with E-state index in [0.29, 0.717) is 18.7 Å². The van der Waals surface area contributed by atoms with Gasteiger partial charge < -0.3 is 9.73 Å². The van der Waals surface area contributed by atoms with E-state index in [0.717, 1.165) is 24.3 Å². The number of anilines is 1. The van der Waals surface area contributed by atoms with E-state index in [-0.39, 0.29) is 5.91 Å². The summed E-state index contributed by atoms with van der Waals surface area (Å²) in [5, 5.41) is 9.70. The molecule has 0 radical (unpaired) electrons. The largest absolute Gasteiger partial charge is 0.469 e. The van der Waals surface area contributed by atoms with Crippen molar-refractivity contribution in [3.05, 3.63) is 35.9 Å². The third-order valence-corrected chi connectivity index (χ3v) is 2.60. The van der Waals surface area contributed by atoms with Crippen LogP contribution in [0.5, 0.6) is 0 Å². The Bertz CT molecular complexity index is 488. The van der Waals surface area contributed by atoms with Crippen LogP contribution in [0.15, 0.2) is 28.9 Å². The van der Waals surface area contributed by atoms with Gasteiger partial charge in [0, 0.05) is 24.6 Å². The van der Waals surface area contributed by atoms with Crippen molar-refractivity contribution in [3.8, 4) is 0 Å². The normalized spacial score (nSPS) is 10.5. The quantitative estimate of drug-likeness (QED) is 0.824. The summed E-state index contributed by atoms with van der Waals surface area (Å²) < 4.78 is 5.17. The number of nitrogens with one attached hydrogen (secondary N) is 2. The average molecular weight is 247 g/mol. The first-order valence-corrected chi connectivity index (χ1v) is 6.14. The zero-order valence-corrected chi connectivity index (χ0v) is 10.4. The summed E-state index contributed by atoms with van der Waals surface area (Å²) in [5.74, 6) is 1.35. The van der Waals surface area contributed by atoms with Crippen LogP contribution in [0.1, 0.15) is 31.2 Å². The molecule has 2 aromatic heterocycles. The molecule has 5 nitrogen and oxygen atoms in total. The molecule has 5 heteroatoms. The van der Waals surface area contributed by atoms with Crippen molar-refractivity contribution in [1.82, 2.24) is 10.2 Å². The van der Waals surface area contributed by atoms with E-state index in [1.54, 1.807) is 6.26 Å². The fourth-order valence-electron chi connectivity index (χ4n) is 1.72. The monoisotopic (exact) mass is 247 g/mol. The fourth-order valence-corrected chi connectivity index (χ4v) is 1.72. The summed E-state index contributed by atoms with van der Waals surface area (Å²) in [7, 11) is 0. The van der Waals surface area contributed by atoms with Gasteiger partial charge in [0.15, 0.2) is 5.82 Å². The Morgan fingerprint density at radius 3 is 3.11 bits per heavy atom. The first-order valence-electron chi connectivity index (χ1n) is 6.14. The van der Waals surface area contributed by atoms with Gasteiger partial charge in [0.1, 0.15) is 5.76 Å². The van der Waals surface area contributed by atoms with Crippen LogP contribution < -0.4 is 5.32 Å². The molecule has 2 rings (SSSR count). The first kappa shape index (κ1) is 12.4. The molecule has 0 aromatic carbocycles. The number of aromatic amines is 1. The highest BCUT2D eigenvalue weighted by Gasteiger charge is 2.07. The lowest BCUT2D eigenvalue weighted by Gasteiger charge is -1.99. The van der Waals surface area contributed by atoms with Crippen LogP contribution in [0, 0.1) is 0 Å². The number of H-pyrrole nitrogens is 1. The molecule has 0 fully saturated rings. The molecule has 0 unspecified atom stereocenters. The Labute approximate surface area is 106 Å². The Morgan fingerprint density at radius 1 is 1.50 bits per heavy atom. The van der Waals surface area contributed by atoms with Gasteiger partial charge in [0.05, 0.1) is 6.26 Å². The van der Waals surface area contributed by atoms with Crippen molar-refractivity contribution in [2.75, 3.05) is 5.32 Å². The van der Waals surface area contributed by atoms with Crippen molar-refractivity contribution >= 4 is 11.7 Å². The molecule has 0 saturated carbocycles. The van der Waals surface area contributed by atoms with Crippen LogP contribution in [-0.4, -0.2) is 16.1 Å². The van der Waals surface area contributed by atoms with Crippen molar-refractivity contribution < 1.29 is 9.21 Å². The minimum absolute atomic E-state index is 0.0547. The van der Waals surface area contributed by atoms with Gasteiger partial charge in [-0.1, -0.05) is 13.3 Å². The van der Waals surface area contributed by atoms with E-state index in [1.165, 1.54) is 0 Å². The van der Waals surface area contributed by atoms with Gasteiger partial charge in [-0.3, -0.25) is 9.89 Å². The molecular formula is C13H17N3O2. The zero-order valence-electron chi connectivity index (χ0n) is 10.4. The van der Waals surface area contributed by atoms with Crippen LogP contribution in [0.2, 0.25) is 0 Å². The number of furan rings is 1. The topological polar surface area (TPSA) is 70.9 Å². The predicted molar refractivity (Wildman–Crippen MR) is 68.2 cm³/mol. The van der Waals surface area contributed by atoms with Crippen LogP contribution in [0.3, 0.4) is 0 Å². The molecule has 0 spiro atoms. The Morgan fingerprint density at radius 2 is 2.39 bits per heavy atom. The number of rotatable bonds is 6. The molecule has 0 aliphatic carbocycles. The van der Waals surface area contributed by atoms with E-state index in [9.17, 15) is 4.79 Å². The van der Waals surface area contributed by atoms with Crippen molar-refractivity contribution in [1.29, 1.82) is 0 Å². The third kappa shape index (κ3) is 3.48. The summed E-state index contributed by atoms with van der Waals surface area (Å²) in [6.07, 6.45) is 4.59. The molecule has 18 heavy (non-hydrogen) atoms. The highest BCUT2D eigenvalue weighted by atomic mass is 16.3. The maximum atomic E-state index is 11.7. The SMILES string of the molecule is CCCc1cc(NC(=O)CCc2ccco2)n[nH]1. The van der Waals surface area contributed by atoms with E-state index in [2.05, 4.69) is 22.4 Å². The van der Waals surface area contributed by atoms with Gasteiger partial charge in [-0.05, 0) is 18.6 Å². The lowest BCUT2D eigenvalue weighted by molar-refractivity contribution is -0.116. The van der Waals surface area contributed by atoms with Crippen molar-refractivity contribution in [2.24, 2.45) is 0 Å². The molecule has 2 heterocycles.